The van der Waals surface area contributed by atoms with Crippen molar-refractivity contribution in [3.05, 3.63) is 6.20 Å². The second-order valence-electron chi connectivity index (χ2n) is 4.22. The van der Waals surface area contributed by atoms with E-state index in [-0.39, 0.29) is 6.10 Å². The average Bonchev–Trinajstić information content (AvgIpc) is 2.47. The van der Waals surface area contributed by atoms with Gasteiger partial charge in [-0.2, -0.15) is 0 Å². The van der Waals surface area contributed by atoms with Gasteiger partial charge in [-0.1, -0.05) is 0 Å². The highest BCUT2D eigenvalue weighted by molar-refractivity contribution is 6.36. The van der Waals surface area contributed by atoms with E-state index in [0.717, 1.165) is 0 Å². The molecule has 0 saturated heterocycles. The lowest BCUT2D eigenvalue weighted by Gasteiger charge is -2.17. The molecule has 0 fully saturated rings. The van der Waals surface area contributed by atoms with Gasteiger partial charge in [0.1, 0.15) is 5.69 Å². The van der Waals surface area contributed by atoms with Gasteiger partial charge in [-0.05, 0) is 13.8 Å². The third kappa shape index (κ3) is 3.03. The number of anilines is 1. The molecule has 0 unspecified atom stereocenters. The van der Waals surface area contributed by atoms with Crippen molar-refractivity contribution in [2.45, 2.75) is 25.5 Å². The van der Waals surface area contributed by atoms with Crippen molar-refractivity contribution in [2.24, 2.45) is 0 Å². The third-order valence-corrected chi connectivity index (χ3v) is 1.80. The van der Waals surface area contributed by atoms with Crippen LogP contribution in [-0.2, 0) is 10.3 Å². The minimum atomic E-state index is -1.14. The van der Waals surface area contributed by atoms with Crippen LogP contribution >= 0.6 is 0 Å². The number of carbonyl (C=O) groups is 1. The Kier molecular flexibility index (Phi) is 3.64. The molecule has 0 radical (unpaired) electrons. The van der Waals surface area contributed by atoms with Gasteiger partial charge in [0.2, 0.25) is 6.41 Å². The number of aliphatic hydroxyl groups is 1. The molecule has 0 spiro atoms. The molecule has 1 aromatic heterocycles. The summed E-state index contributed by atoms with van der Waals surface area (Å²) in [6, 6.07) is 0. The lowest BCUT2D eigenvalue weighted by Crippen LogP contribution is -2.34. The Hall–Kier alpha value is -1.43. The first-order valence-electron chi connectivity index (χ1n) is 5.04. The summed E-state index contributed by atoms with van der Waals surface area (Å²) in [6.07, 6.45) is 2.00. The Bertz CT molecular complexity index is 373. The Morgan fingerprint density at radius 1 is 1.69 bits per heavy atom. The number of carbonyl (C=O) groups excluding carboxylic acids is 1. The fraction of sp³-hybridized carbons (Fsp3) is 0.500. The highest BCUT2D eigenvalue weighted by Crippen LogP contribution is 2.24. The molecule has 0 aliphatic rings. The molecule has 0 saturated carbocycles. The molecule has 0 atom stereocenters. The Morgan fingerprint density at radius 2 is 2.31 bits per heavy atom. The molecular formula is C8H15B2N3O3. The number of nitrogens with one attached hydrogen (secondary N) is 1. The number of hydrogen-bond donors (Lipinski definition) is 2. The minimum absolute atomic E-state index is 0.0580. The molecule has 1 rings (SSSR count). The van der Waals surface area contributed by atoms with Crippen LogP contribution in [0.4, 0.5) is 5.69 Å². The second-order valence-corrected chi connectivity index (χ2v) is 4.22. The van der Waals surface area contributed by atoms with Gasteiger partial charge >= 0.3 is 0 Å². The van der Waals surface area contributed by atoms with Gasteiger partial charge in [0.15, 0.2) is 15.7 Å². The molecule has 0 aromatic carbocycles. The van der Waals surface area contributed by atoms with E-state index < -0.39 is 5.52 Å². The third-order valence-electron chi connectivity index (χ3n) is 1.80. The molecule has 16 heavy (non-hydrogen) atoms. The van der Waals surface area contributed by atoms with Crippen LogP contribution in [0.25, 0.3) is 0 Å². The van der Waals surface area contributed by atoms with Crippen molar-refractivity contribution in [1.82, 2.24) is 9.78 Å². The quantitative estimate of drug-likeness (QED) is 0.449. The number of aromatic nitrogens is 2. The van der Waals surface area contributed by atoms with E-state index in [1.807, 2.05) is 13.8 Å². The summed E-state index contributed by atoms with van der Waals surface area (Å²) in [5.74, 6) is 0.296. The molecule has 1 aromatic rings. The van der Waals surface area contributed by atoms with Crippen molar-refractivity contribution >= 4 is 27.8 Å². The van der Waals surface area contributed by atoms with Crippen molar-refractivity contribution in [3.8, 4) is 5.88 Å². The molecule has 86 valence electrons. The highest BCUT2D eigenvalue weighted by Gasteiger charge is 2.20. The molecule has 0 aliphatic heterocycles. The number of rotatable bonds is 5. The van der Waals surface area contributed by atoms with Gasteiger partial charge in [-0.3, -0.25) is 9.48 Å². The highest BCUT2D eigenvalue weighted by atomic mass is 16.5. The summed E-state index contributed by atoms with van der Waals surface area (Å²) >= 11 is 0. The second kappa shape index (κ2) is 4.61. The SMILES string of the molecule is BC(B)(O)n1cc(NC=O)c(OC(C)C)n1. The smallest absolute Gasteiger partial charge is 0.257 e. The first-order chi connectivity index (χ1) is 7.34. The van der Waals surface area contributed by atoms with Gasteiger partial charge in [0, 0.05) is 0 Å². The summed E-state index contributed by atoms with van der Waals surface area (Å²) in [5.41, 5.74) is -0.705. The monoisotopic (exact) mass is 223 g/mol. The molecule has 1 heterocycles. The van der Waals surface area contributed by atoms with Crippen LogP contribution in [0.3, 0.4) is 0 Å². The number of nitrogens with zero attached hydrogens (tertiary/aromatic N) is 2. The Morgan fingerprint density at radius 3 is 2.75 bits per heavy atom. The molecular weight excluding hydrogens is 208 g/mol. The topological polar surface area (TPSA) is 76.4 Å². The fourth-order valence-electron chi connectivity index (χ4n) is 1.11. The van der Waals surface area contributed by atoms with Crippen LogP contribution in [-0.4, -0.2) is 43.1 Å². The van der Waals surface area contributed by atoms with E-state index in [4.69, 9.17) is 4.74 Å². The first-order valence-corrected chi connectivity index (χ1v) is 5.04. The maximum atomic E-state index is 10.4. The van der Waals surface area contributed by atoms with E-state index in [1.54, 1.807) is 15.7 Å². The largest absolute Gasteiger partial charge is 0.472 e. The number of ether oxygens (including phenoxy) is 1. The van der Waals surface area contributed by atoms with Gasteiger partial charge in [0.25, 0.3) is 5.88 Å². The van der Waals surface area contributed by atoms with Crippen LogP contribution in [0.5, 0.6) is 5.88 Å². The van der Waals surface area contributed by atoms with Crippen molar-refractivity contribution in [3.63, 3.8) is 0 Å². The standard InChI is InChI=1S/C8H15B2N3O3/c1-5(2)16-7-6(11-4-14)3-13(12-7)8(9,10)15/h3-5,15H,9-10H2,1-2H3,(H,11,14). The Balaban J connectivity index is 3.04. The predicted molar refractivity (Wildman–Crippen MR) is 65.0 cm³/mol. The van der Waals surface area contributed by atoms with E-state index in [1.165, 1.54) is 10.9 Å². The van der Waals surface area contributed by atoms with E-state index >= 15 is 0 Å². The zero-order valence-corrected chi connectivity index (χ0v) is 9.89. The van der Waals surface area contributed by atoms with Crippen LogP contribution in [0.15, 0.2) is 6.20 Å². The molecule has 0 bridgehead atoms. The van der Waals surface area contributed by atoms with Gasteiger partial charge in [-0.15, -0.1) is 5.10 Å². The van der Waals surface area contributed by atoms with Crippen molar-refractivity contribution in [2.75, 3.05) is 5.32 Å². The summed E-state index contributed by atoms with van der Waals surface area (Å²) in [5, 5.41) is 16.3. The lowest BCUT2D eigenvalue weighted by molar-refractivity contribution is -0.105. The van der Waals surface area contributed by atoms with Gasteiger partial charge in [-0.25, -0.2) is 0 Å². The molecule has 2 N–H and O–H groups in total. The Labute approximate surface area is 95.8 Å². The normalized spacial score (nSPS) is 11.5. The first kappa shape index (κ1) is 12.6. The molecule has 0 aliphatic carbocycles. The zero-order valence-electron chi connectivity index (χ0n) is 9.89. The summed E-state index contributed by atoms with van der Waals surface area (Å²) in [4.78, 5) is 10.4. The van der Waals surface area contributed by atoms with Crippen LogP contribution in [0.1, 0.15) is 13.8 Å². The number of amides is 1. The lowest BCUT2D eigenvalue weighted by atomic mass is 9.73. The van der Waals surface area contributed by atoms with Crippen LogP contribution in [0.2, 0.25) is 0 Å². The summed E-state index contributed by atoms with van der Waals surface area (Å²) < 4.78 is 6.74. The zero-order chi connectivity index (χ0) is 12.3. The molecule has 8 heteroatoms. The fourth-order valence-corrected chi connectivity index (χ4v) is 1.11. The van der Waals surface area contributed by atoms with E-state index in [0.29, 0.717) is 18.0 Å². The van der Waals surface area contributed by atoms with Crippen LogP contribution in [0, 0.1) is 0 Å². The van der Waals surface area contributed by atoms with Gasteiger partial charge in [0.05, 0.1) is 17.8 Å². The van der Waals surface area contributed by atoms with Crippen molar-refractivity contribution in [1.29, 1.82) is 0 Å². The van der Waals surface area contributed by atoms with Crippen molar-refractivity contribution < 1.29 is 14.6 Å². The maximum absolute atomic E-state index is 10.4. The van der Waals surface area contributed by atoms with E-state index in [2.05, 4.69) is 10.4 Å². The number of hydrogen-bond acceptors (Lipinski definition) is 4. The average molecular weight is 223 g/mol. The van der Waals surface area contributed by atoms with Crippen LogP contribution < -0.4 is 10.1 Å². The molecule has 6 nitrogen and oxygen atoms in total. The minimum Gasteiger partial charge on any atom is -0.472 e. The van der Waals surface area contributed by atoms with E-state index in [9.17, 15) is 9.90 Å². The molecule has 1 amide bonds. The predicted octanol–water partition coefficient (Wildman–Crippen LogP) is -1.94. The maximum Gasteiger partial charge on any atom is 0.257 e. The summed E-state index contributed by atoms with van der Waals surface area (Å²) in [7, 11) is 3.17. The van der Waals surface area contributed by atoms with Gasteiger partial charge < -0.3 is 15.2 Å². The summed E-state index contributed by atoms with van der Waals surface area (Å²) in [6.45, 7) is 3.71.